The third-order valence-corrected chi connectivity index (χ3v) is 6.19. The van der Waals surface area contributed by atoms with Gasteiger partial charge in [0, 0.05) is 32.6 Å². The quantitative estimate of drug-likeness (QED) is 0.692. The third kappa shape index (κ3) is 6.12. The second-order valence-electron chi connectivity index (χ2n) is 9.18. The van der Waals surface area contributed by atoms with E-state index in [-0.39, 0.29) is 12.0 Å². The molecule has 8 heteroatoms. The molecule has 0 radical (unpaired) electrons. The highest BCUT2D eigenvalue weighted by Crippen LogP contribution is 2.23. The monoisotopic (exact) mass is 433 g/mol. The van der Waals surface area contributed by atoms with Crippen molar-refractivity contribution in [3.63, 3.8) is 0 Å². The molecular weight excluding hydrogens is 398 g/mol. The average molecular weight is 434 g/mol. The van der Waals surface area contributed by atoms with E-state index in [9.17, 15) is 8.42 Å². The van der Waals surface area contributed by atoms with Crippen LogP contribution in [0.25, 0.3) is 0 Å². The molecule has 1 aromatic heterocycles. The molecule has 1 N–H and O–H groups in total. The molecule has 2 heterocycles. The van der Waals surface area contributed by atoms with Crippen molar-refractivity contribution in [2.75, 3.05) is 19.3 Å². The van der Waals surface area contributed by atoms with Crippen molar-refractivity contribution in [3.05, 3.63) is 47.0 Å². The molecule has 0 saturated carbocycles. The van der Waals surface area contributed by atoms with Crippen LogP contribution in [-0.4, -0.2) is 47.4 Å². The average Bonchev–Trinajstić information content (AvgIpc) is 2.94. The lowest BCUT2D eigenvalue weighted by Crippen LogP contribution is -2.33. The van der Waals surface area contributed by atoms with Gasteiger partial charge in [-0.1, -0.05) is 52.0 Å². The molecule has 0 fully saturated rings. The zero-order chi connectivity index (χ0) is 21.9. The van der Waals surface area contributed by atoms with Gasteiger partial charge < -0.3 is 4.57 Å². The van der Waals surface area contributed by atoms with Crippen molar-refractivity contribution < 1.29 is 8.42 Å². The van der Waals surface area contributed by atoms with Crippen molar-refractivity contribution in [2.24, 2.45) is 11.8 Å². The van der Waals surface area contributed by atoms with Crippen molar-refractivity contribution in [1.82, 2.24) is 24.4 Å². The van der Waals surface area contributed by atoms with Gasteiger partial charge in [0.15, 0.2) is 5.82 Å². The van der Waals surface area contributed by atoms with E-state index in [4.69, 9.17) is 0 Å². The Morgan fingerprint density at radius 1 is 1.00 bits per heavy atom. The maximum Gasteiger partial charge on any atom is 0.209 e. The number of rotatable bonds is 8. The van der Waals surface area contributed by atoms with Crippen LogP contribution in [0, 0.1) is 11.8 Å². The zero-order valence-electron chi connectivity index (χ0n) is 18.8. The molecule has 0 amide bonds. The van der Waals surface area contributed by atoms with Gasteiger partial charge in [-0.2, -0.15) is 0 Å². The predicted molar refractivity (Wildman–Crippen MR) is 120 cm³/mol. The number of sulfonamides is 1. The number of aromatic nitrogens is 3. The highest BCUT2D eigenvalue weighted by molar-refractivity contribution is 7.88. The molecule has 30 heavy (non-hydrogen) atoms. The lowest BCUT2D eigenvalue weighted by Gasteiger charge is -2.22. The van der Waals surface area contributed by atoms with Gasteiger partial charge in [-0.15, -0.1) is 10.2 Å². The van der Waals surface area contributed by atoms with E-state index in [1.165, 1.54) is 17.4 Å². The van der Waals surface area contributed by atoms with Crippen LogP contribution < -0.4 is 4.72 Å². The minimum atomic E-state index is -3.33. The predicted octanol–water partition coefficient (Wildman–Crippen LogP) is 2.78. The first kappa shape index (κ1) is 22.9. The molecule has 1 aliphatic heterocycles. The summed E-state index contributed by atoms with van der Waals surface area (Å²) in [5.74, 6) is 2.39. The Kier molecular flexibility index (Phi) is 7.31. The summed E-state index contributed by atoms with van der Waals surface area (Å²) >= 11 is 0. The van der Waals surface area contributed by atoms with Crippen LogP contribution in [0.2, 0.25) is 0 Å². The highest BCUT2D eigenvalue weighted by atomic mass is 32.2. The lowest BCUT2D eigenvalue weighted by molar-refractivity contribution is 0.269. The van der Waals surface area contributed by atoms with E-state index >= 15 is 0 Å². The van der Waals surface area contributed by atoms with E-state index in [1.807, 2.05) is 13.8 Å². The number of nitrogens with one attached hydrogen (secondary N) is 1. The van der Waals surface area contributed by atoms with Gasteiger partial charge >= 0.3 is 0 Å². The molecule has 1 atom stereocenters. The first-order valence-electron chi connectivity index (χ1n) is 10.8. The van der Waals surface area contributed by atoms with E-state index in [0.717, 1.165) is 44.8 Å². The standard InChI is InChI=1S/C22H35N5O2S/c1-16(2)14-18-6-8-19(9-7-18)15-26-11-10-20-23-24-22(27(20)13-12-26)21(17(3)4)25-30(5,28)29/h6-9,16-17,21,25H,10-15H2,1-5H3/t21-/m1/s1. The van der Waals surface area contributed by atoms with Gasteiger partial charge in [0.1, 0.15) is 5.82 Å². The maximum absolute atomic E-state index is 11.8. The molecule has 0 spiro atoms. The van der Waals surface area contributed by atoms with Crippen LogP contribution in [0.4, 0.5) is 0 Å². The van der Waals surface area contributed by atoms with Crippen molar-refractivity contribution >= 4 is 10.0 Å². The summed E-state index contributed by atoms with van der Waals surface area (Å²) < 4.78 is 28.5. The number of fused-ring (bicyclic) bond motifs is 1. The van der Waals surface area contributed by atoms with Gasteiger partial charge in [-0.25, -0.2) is 13.1 Å². The lowest BCUT2D eigenvalue weighted by atomic mass is 10.0. The van der Waals surface area contributed by atoms with E-state index in [0.29, 0.717) is 11.7 Å². The maximum atomic E-state index is 11.8. The number of hydrogen-bond donors (Lipinski definition) is 1. The van der Waals surface area contributed by atoms with E-state index in [2.05, 4.69) is 62.5 Å². The summed E-state index contributed by atoms with van der Waals surface area (Å²) in [6.45, 7) is 11.9. The van der Waals surface area contributed by atoms with Gasteiger partial charge in [0.25, 0.3) is 0 Å². The number of nitrogens with zero attached hydrogens (tertiary/aromatic N) is 4. The van der Waals surface area contributed by atoms with Crippen LogP contribution >= 0.6 is 0 Å². The van der Waals surface area contributed by atoms with E-state index in [1.54, 1.807) is 0 Å². The molecule has 1 aromatic carbocycles. The summed E-state index contributed by atoms with van der Waals surface area (Å²) in [6, 6.07) is 8.58. The molecule has 0 bridgehead atoms. The van der Waals surface area contributed by atoms with Crippen LogP contribution in [0.5, 0.6) is 0 Å². The minimum Gasteiger partial charge on any atom is -0.312 e. The van der Waals surface area contributed by atoms with E-state index < -0.39 is 10.0 Å². The molecular formula is C22H35N5O2S. The van der Waals surface area contributed by atoms with Crippen LogP contribution in [0.15, 0.2) is 24.3 Å². The largest absolute Gasteiger partial charge is 0.312 e. The van der Waals surface area contributed by atoms with Crippen molar-refractivity contribution in [3.8, 4) is 0 Å². The second kappa shape index (κ2) is 9.58. The molecule has 2 aromatic rings. The Labute approximate surface area is 180 Å². The smallest absolute Gasteiger partial charge is 0.209 e. The van der Waals surface area contributed by atoms with Gasteiger partial charge in [-0.3, -0.25) is 4.90 Å². The van der Waals surface area contributed by atoms with Gasteiger partial charge in [0.2, 0.25) is 10.0 Å². The number of benzene rings is 1. The fourth-order valence-corrected chi connectivity index (χ4v) is 4.84. The highest BCUT2D eigenvalue weighted by Gasteiger charge is 2.28. The molecule has 1 aliphatic rings. The summed E-state index contributed by atoms with van der Waals surface area (Å²) in [7, 11) is -3.33. The topological polar surface area (TPSA) is 80.1 Å². The molecule has 0 aliphatic carbocycles. The van der Waals surface area contributed by atoms with Crippen molar-refractivity contribution in [2.45, 2.75) is 59.7 Å². The summed E-state index contributed by atoms with van der Waals surface area (Å²) in [5.41, 5.74) is 2.71. The normalized spacial score (nSPS) is 16.6. The summed E-state index contributed by atoms with van der Waals surface area (Å²) in [4.78, 5) is 2.43. The minimum absolute atomic E-state index is 0.0803. The van der Waals surface area contributed by atoms with Crippen LogP contribution in [0.1, 0.15) is 56.5 Å². The SMILES string of the molecule is CC(C)Cc1ccc(CN2CCc3nnc([C@H](NS(C)(=O)=O)C(C)C)n3CC2)cc1. The van der Waals surface area contributed by atoms with Crippen LogP contribution in [-0.2, 0) is 36.0 Å². The Morgan fingerprint density at radius 3 is 2.27 bits per heavy atom. The Balaban J connectivity index is 1.68. The molecule has 0 saturated heterocycles. The third-order valence-electron chi connectivity index (χ3n) is 5.51. The molecule has 166 valence electrons. The Bertz CT molecular complexity index is 935. The zero-order valence-corrected chi connectivity index (χ0v) is 19.6. The Morgan fingerprint density at radius 2 is 1.67 bits per heavy atom. The Hall–Kier alpha value is -1.77. The first-order chi connectivity index (χ1) is 14.1. The number of hydrogen-bond acceptors (Lipinski definition) is 5. The fraction of sp³-hybridized carbons (Fsp3) is 0.636. The second-order valence-corrected chi connectivity index (χ2v) is 11.0. The van der Waals surface area contributed by atoms with Crippen LogP contribution in [0.3, 0.4) is 0 Å². The summed E-state index contributed by atoms with van der Waals surface area (Å²) in [5, 5.41) is 8.74. The molecule has 7 nitrogen and oxygen atoms in total. The molecule has 0 unspecified atom stereocenters. The summed E-state index contributed by atoms with van der Waals surface area (Å²) in [6.07, 6.45) is 3.11. The van der Waals surface area contributed by atoms with Gasteiger partial charge in [0.05, 0.1) is 12.3 Å². The first-order valence-corrected chi connectivity index (χ1v) is 12.7. The fourth-order valence-electron chi connectivity index (χ4n) is 4.01. The molecule has 3 rings (SSSR count). The van der Waals surface area contributed by atoms with Gasteiger partial charge in [-0.05, 0) is 29.4 Å². The van der Waals surface area contributed by atoms with Crippen molar-refractivity contribution in [1.29, 1.82) is 0 Å².